The number of hydrogen-bond donors (Lipinski definition) is 1. The molecular formula is C22H22FIN4O2. The first-order valence-corrected chi connectivity index (χ1v) is 10.9. The second-order valence-corrected chi connectivity index (χ2v) is 8.79. The molecule has 1 aromatic heterocycles. The highest BCUT2D eigenvalue weighted by Crippen LogP contribution is 2.23. The molecule has 0 aliphatic carbocycles. The number of carbonyl (C=O) groups excluding carboxylic acids is 1. The highest BCUT2D eigenvalue weighted by molar-refractivity contribution is 14.1. The Kier molecular flexibility index (Phi) is 6.43. The summed E-state index contributed by atoms with van der Waals surface area (Å²) < 4.78 is 19.6. The summed E-state index contributed by atoms with van der Waals surface area (Å²) in [4.78, 5) is 19.4. The van der Waals surface area contributed by atoms with Gasteiger partial charge in [0.25, 0.3) is 0 Å². The molecule has 0 bridgehead atoms. The summed E-state index contributed by atoms with van der Waals surface area (Å²) in [7, 11) is 0. The van der Waals surface area contributed by atoms with Crippen LogP contribution in [0.3, 0.4) is 0 Å². The number of amides is 1. The molecule has 4 rings (SSSR count). The number of benzene rings is 2. The Bertz CT molecular complexity index is 1040. The number of nitrogens with one attached hydrogen (secondary N) is 1. The normalized spacial score (nSPS) is 17.1. The lowest BCUT2D eigenvalue weighted by Crippen LogP contribution is -2.40. The minimum Gasteiger partial charge on any atom is -0.338 e. The second-order valence-electron chi connectivity index (χ2n) is 7.54. The van der Waals surface area contributed by atoms with E-state index < -0.39 is 0 Å². The number of aromatic nitrogens is 2. The number of piperidine rings is 1. The minimum absolute atomic E-state index is 0.0431. The molecule has 1 aliphatic heterocycles. The molecule has 1 N–H and O–H groups in total. The summed E-state index contributed by atoms with van der Waals surface area (Å²) >= 11 is 2.26. The fraction of sp³-hybridized carbons (Fsp3) is 0.318. The Labute approximate surface area is 188 Å². The van der Waals surface area contributed by atoms with E-state index in [1.165, 1.54) is 12.1 Å². The van der Waals surface area contributed by atoms with Crippen molar-refractivity contribution in [3.05, 3.63) is 63.3 Å². The molecule has 1 amide bonds. The molecule has 0 radical (unpaired) electrons. The summed E-state index contributed by atoms with van der Waals surface area (Å²) in [6, 6.07) is 12.0. The maximum atomic E-state index is 13.1. The van der Waals surface area contributed by atoms with Gasteiger partial charge in [0.05, 0.1) is 12.5 Å². The number of nitrogens with zero attached hydrogens (tertiary/aromatic N) is 3. The third-order valence-corrected chi connectivity index (χ3v) is 5.92. The highest BCUT2D eigenvalue weighted by Gasteiger charge is 2.27. The summed E-state index contributed by atoms with van der Waals surface area (Å²) in [5, 5.41) is 7.06. The van der Waals surface area contributed by atoms with E-state index >= 15 is 0 Å². The lowest BCUT2D eigenvalue weighted by Gasteiger charge is -2.31. The number of halogens is 2. The molecule has 30 heavy (non-hydrogen) atoms. The van der Waals surface area contributed by atoms with Crippen LogP contribution in [0.15, 0.2) is 47.0 Å². The fourth-order valence-electron chi connectivity index (χ4n) is 3.64. The molecule has 2 aromatic carbocycles. The molecule has 0 saturated carbocycles. The van der Waals surface area contributed by atoms with E-state index in [-0.39, 0.29) is 17.6 Å². The molecule has 1 saturated heterocycles. The second kappa shape index (κ2) is 9.22. The van der Waals surface area contributed by atoms with Gasteiger partial charge in [0.1, 0.15) is 5.82 Å². The molecule has 6 nitrogen and oxygen atoms in total. The number of aryl methyl sites for hydroxylation is 1. The fourth-order valence-corrected chi connectivity index (χ4v) is 4.29. The van der Waals surface area contributed by atoms with Crippen LogP contribution in [-0.2, 0) is 11.3 Å². The zero-order valence-electron chi connectivity index (χ0n) is 16.6. The first-order valence-electron chi connectivity index (χ1n) is 9.86. The van der Waals surface area contributed by atoms with E-state index in [0.717, 1.165) is 34.2 Å². The van der Waals surface area contributed by atoms with Gasteiger partial charge in [-0.25, -0.2) is 4.39 Å². The van der Waals surface area contributed by atoms with Crippen molar-refractivity contribution in [1.29, 1.82) is 0 Å². The smallest absolute Gasteiger partial charge is 0.241 e. The molecule has 1 atom stereocenters. The highest BCUT2D eigenvalue weighted by atomic mass is 127. The summed E-state index contributed by atoms with van der Waals surface area (Å²) in [5.41, 5.74) is 2.62. The first kappa shape index (κ1) is 20.9. The summed E-state index contributed by atoms with van der Waals surface area (Å²) in [6.45, 7) is 4.00. The van der Waals surface area contributed by atoms with Crippen LogP contribution in [-0.4, -0.2) is 34.0 Å². The Balaban J connectivity index is 1.37. The van der Waals surface area contributed by atoms with Gasteiger partial charge in [-0.15, -0.1) is 0 Å². The van der Waals surface area contributed by atoms with Crippen LogP contribution >= 0.6 is 22.6 Å². The van der Waals surface area contributed by atoms with Crippen molar-refractivity contribution in [2.45, 2.75) is 26.3 Å². The molecule has 3 aromatic rings. The van der Waals surface area contributed by atoms with Gasteiger partial charge in [0.2, 0.25) is 17.6 Å². The van der Waals surface area contributed by atoms with Crippen LogP contribution in [0.25, 0.3) is 11.4 Å². The topological polar surface area (TPSA) is 71.3 Å². The lowest BCUT2D eigenvalue weighted by molar-refractivity contribution is -0.121. The van der Waals surface area contributed by atoms with Gasteiger partial charge in [-0.3, -0.25) is 9.69 Å². The number of likely N-dealkylation sites (tertiary alicyclic amines) is 1. The summed E-state index contributed by atoms with van der Waals surface area (Å²) in [5.74, 6) is 0.577. The van der Waals surface area contributed by atoms with Gasteiger partial charge in [0.15, 0.2) is 0 Å². The number of anilines is 1. The monoisotopic (exact) mass is 520 g/mol. The van der Waals surface area contributed by atoms with Crippen LogP contribution in [0.1, 0.15) is 24.3 Å². The third kappa shape index (κ3) is 5.04. The predicted molar refractivity (Wildman–Crippen MR) is 120 cm³/mol. The predicted octanol–water partition coefficient (Wildman–Crippen LogP) is 4.64. The van der Waals surface area contributed by atoms with Crippen LogP contribution in [0.2, 0.25) is 0 Å². The van der Waals surface area contributed by atoms with E-state index in [9.17, 15) is 9.18 Å². The van der Waals surface area contributed by atoms with Gasteiger partial charge in [-0.2, -0.15) is 4.98 Å². The van der Waals surface area contributed by atoms with Crippen molar-refractivity contribution in [2.24, 2.45) is 5.92 Å². The molecular weight excluding hydrogens is 498 g/mol. The molecule has 1 aliphatic rings. The van der Waals surface area contributed by atoms with Gasteiger partial charge >= 0.3 is 0 Å². The van der Waals surface area contributed by atoms with Crippen molar-refractivity contribution < 1.29 is 13.7 Å². The average Bonchev–Trinajstić information content (AvgIpc) is 3.19. The summed E-state index contributed by atoms with van der Waals surface area (Å²) in [6.07, 6.45) is 1.79. The molecule has 8 heteroatoms. The quantitative estimate of drug-likeness (QED) is 0.497. The Morgan fingerprint density at radius 3 is 2.87 bits per heavy atom. The zero-order valence-corrected chi connectivity index (χ0v) is 18.7. The van der Waals surface area contributed by atoms with Crippen molar-refractivity contribution in [3.8, 4) is 11.4 Å². The van der Waals surface area contributed by atoms with Crippen LogP contribution in [0.5, 0.6) is 0 Å². The van der Waals surface area contributed by atoms with Crippen molar-refractivity contribution in [3.63, 3.8) is 0 Å². The maximum Gasteiger partial charge on any atom is 0.241 e. The number of rotatable bonds is 5. The lowest BCUT2D eigenvalue weighted by atomic mass is 9.97. The largest absolute Gasteiger partial charge is 0.338 e. The van der Waals surface area contributed by atoms with Gasteiger partial charge in [-0.1, -0.05) is 5.16 Å². The Morgan fingerprint density at radius 1 is 1.30 bits per heavy atom. The zero-order chi connectivity index (χ0) is 21.1. The van der Waals surface area contributed by atoms with Gasteiger partial charge in [-0.05, 0) is 96.9 Å². The number of carbonyl (C=O) groups is 1. The van der Waals surface area contributed by atoms with Crippen LogP contribution < -0.4 is 5.32 Å². The van der Waals surface area contributed by atoms with E-state index in [1.807, 2.05) is 19.1 Å². The minimum atomic E-state index is -0.305. The van der Waals surface area contributed by atoms with E-state index in [0.29, 0.717) is 30.4 Å². The third-order valence-electron chi connectivity index (χ3n) is 5.25. The van der Waals surface area contributed by atoms with E-state index in [4.69, 9.17) is 4.52 Å². The standard InChI is InChI=1S/C22H22FIN4O2/c1-14-11-18(24)8-9-19(14)25-22(29)16-3-2-10-28(12-16)13-20-26-21(27-30-20)15-4-6-17(23)7-5-15/h4-9,11,16H,2-3,10,12-13H2,1H3,(H,25,29). The van der Waals surface area contributed by atoms with Gasteiger partial charge in [0, 0.05) is 21.4 Å². The SMILES string of the molecule is Cc1cc(I)ccc1NC(=O)C1CCCN(Cc2nc(-c3ccc(F)cc3)no2)C1. The van der Waals surface area contributed by atoms with Crippen molar-refractivity contribution >= 4 is 34.2 Å². The molecule has 2 heterocycles. The Hall–Kier alpha value is -2.33. The number of hydrogen-bond acceptors (Lipinski definition) is 5. The molecule has 156 valence electrons. The van der Waals surface area contributed by atoms with Crippen LogP contribution in [0, 0.1) is 22.2 Å². The van der Waals surface area contributed by atoms with Crippen LogP contribution in [0.4, 0.5) is 10.1 Å². The molecule has 1 fully saturated rings. The van der Waals surface area contributed by atoms with Gasteiger partial charge < -0.3 is 9.84 Å². The molecule has 1 unspecified atom stereocenters. The van der Waals surface area contributed by atoms with E-state index in [2.05, 4.69) is 49.0 Å². The van der Waals surface area contributed by atoms with Crippen molar-refractivity contribution in [1.82, 2.24) is 15.0 Å². The van der Waals surface area contributed by atoms with E-state index in [1.54, 1.807) is 12.1 Å². The maximum absolute atomic E-state index is 13.1. The average molecular weight is 520 g/mol. The van der Waals surface area contributed by atoms with Crippen molar-refractivity contribution in [2.75, 3.05) is 18.4 Å². The Morgan fingerprint density at radius 2 is 2.10 bits per heavy atom. The first-order chi connectivity index (χ1) is 14.5. The molecule has 0 spiro atoms.